The second-order valence-electron chi connectivity index (χ2n) is 5.98. The van der Waals surface area contributed by atoms with Gasteiger partial charge < -0.3 is 9.73 Å². The molecule has 0 saturated carbocycles. The van der Waals surface area contributed by atoms with Gasteiger partial charge in [-0.2, -0.15) is 0 Å². The molecule has 128 valence electrons. The summed E-state index contributed by atoms with van der Waals surface area (Å²) in [4.78, 5) is 17.1. The van der Waals surface area contributed by atoms with Gasteiger partial charge in [-0.05, 0) is 77.5 Å². The van der Waals surface area contributed by atoms with Crippen LogP contribution in [0, 0.1) is 10.5 Å². The highest BCUT2D eigenvalue weighted by molar-refractivity contribution is 14.1. The van der Waals surface area contributed by atoms with Crippen LogP contribution in [0.15, 0.2) is 71.1 Å². The maximum Gasteiger partial charge on any atom is 0.255 e. The lowest BCUT2D eigenvalue weighted by atomic mass is 10.1. The molecule has 5 heteroatoms. The van der Waals surface area contributed by atoms with Crippen molar-refractivity contribution in [1.29, 1.82) is 0 Å². The number of aryl methyl sites for hydroxylation is 1. The molecule has 1 N–H and O–H groups in total. The highest BCUT2D eigenvalue weighted by Crippen LogP contribution is 2.28. The predicted molar refractivity (Wildman–Crippen MR) is 111 cm³/mol. The monoisotopic (exact) mass is 454 g/mol. The van der Waals surface area contributed by atoms with Crippen molar-refractivity contribution in [2.45, 2.75) is 6.92 Å². The molecule has 26 heavy (non-hydrogen) atoms. The van der Waals surface area contributed by atoms with Gasteiger partial charge in [0.1, 0.15) is 5.52 Å². The van der Waals surface area contributed by atoms with Crippen molar-refractivity contribution in [3.63, 3.8) is 0 Å². The van der Waals surface area contributed by atoms with E-state index in [1.807, 2.05) is 67.6 Å². The smallest absolute Gasteiger partial charge is 0.255 e. The Hall–Kier alpha value is -2.67. The topological polar surface area (TPSA) is 55.1 Å². The van der Waals surface area contributed by atoms with Gasteiger partial charge in [0.2, 0.25) is 5.89 Å². The summed E-state index contributed by atoms with van der Waals surface area (Å²) in [6.45, 7) is 1.96. The second-order valence-corrected chi connectivity index (χ2v) is 7.23. The number of carbonyl (C=O) groups is 1. The minimum Gasteiger partial charge on any atom is -0.436 e. The standard InChI is InChI=1S/C21H15IN2O2/c1-13-9-10-15(21-24-17-7-2-3-8-19(17)26-21)12-18(13)23-20(25)14-5-4-6-16(22)11-14/h2-12H,1H3,(H,23,25). The molecular formula is C21H15IN2O2. The average Bonchev–Trinajstić information content (AvgIpc) is 3.07. The molecule has 0 saturated heterocycles. The molecule has 0 atom stereocenters. The van der Waals surface area contributed by atoms with E-state index in [2.05, 4.69) is 32.9 Å². The van der Waals surface area contributed by atoms with E-state index in [4.69, 9.17) is 4.42 Å². The maximum atomic E-state index is 12.6. The number of amides is 1. The molecule has 1 aromatic heterocycles. The van der Waals surface area contributed by atoms with E-state index in [1.54, 1.807) is 6.07 Å². The molecular weight excluding hydrogens is 439 g/mol. The summed E-state index contributed by atoms with van der Waals surface area (Å²) in [5.74, 6) is 0.400. The SMILES string of the molecule is Cc1ccc(-c2nc3ccccc3o2)cc1NC(=O)c1cccc(I)c1. The second kappa shape index (κ2) is 6.92. The molecule has 0 aliphatic rings. The van der Waals surface area contributed by atoms with Crippen molar-refractivity contribution in [3.05, 3.63) is 81.4 Å². The van der Waals surface area contributed by atoms with E-state index in [0.717, 1.165) is 31.5 Å². The first kappa shape index (κ1) is 16.8. The summed E-state index contributed by atoms with van der Waals surface area (Å²) < 4.78 is 6.85. The predicted octanol–water partition coefficient (Wildman–Crippen LogP) is 5.66. The lowest BCUT2D eigenvalue weighted by Gasteiger charge is -2.10. The highest BCUT2D eigenvalue weighted by Gasteiger charge is 2.12. The van der Waals surface area contributed by atoms with Gasteiger partial charge in [-0.3, -0.25) is 4.79 Å². The van der Waals surface area contributed by atoms with Gasteiger partial charge in [0.15, 0.2) is 5.58 Å². The molecule has 0 radical (unpaired) electrons. The number of nitrogens with one attached hydrogen (secondary N) is 1. The number of oxazole rings is 1. The first-order chi connectivity index (χ1) is 12.6. The number of rotatable bonds is 3. The number of hydrogen-bond donors (Lipinski definition) is 1. The van der Waals surface area contributed by atoms with E-state index in [9.17, 15) is 4.79 Å². The lowest BCUT2D eigenvalue weighted by molar-refractivity contribution is 0.102. The minimum absolute atomic E-state index is 0.138. The third-order valence-electron chi connectivity index (χ3n) is 4.11. The zero-order valence-corrected chi connectivity index (χ0v) is 16.2. The van der Waals surface area contributed by atoms with Gasteiger partial charge in [-0.1, -0.05) is 24.3 Å². The lowest BCUT2D eigenvalue weighted by Crippen LogP contribution is -2.13. The summed E-state index contributed by atoms with van der Waals surface area (Å²) >= 11 is 2.20. The highest BCUT2D eigenvalue weighted by atomic mass is 127. The van der Waals surface area contributed by atoms with Crippen molar-refractivity contribution in [3.8, 4) is 11.5 Å². The zero-order valence-electron chi connectivity index (χ0n) is 14.0. The number of fused-ring (bicyclic) bond motifs is 1. The van der Waals surface area contributed by atoms with Crippen molar-refractivity contribution in [2.75, 3.05) is 5.32 Å². The quantitative estimate of drug-likeness (QED) is 0.407. The number of para-hydroxylation sites is 2. The first-order valence-electron chi connectivity index (χ1n) is 8.14. The molecule has 1 amide bonds. The van der Waals surface area contributed by atoms with E-state index in [1.165, 1.54) is 0 Å². The number of nitrogens with zero attached hydrogens (tertiary/aromatic N) is 1. The third kappa shape index (κ3) is 3.35. The molecule has 4 aromatic rings. The Morgan fingerprint density at radius 1 is 1.04 bits per heavy atom. The number of hydrogen-bond acceptors (Lipinski definition) is 3. The Morgan fingerprint density at radius 2 is 1.88 bits per heavy atom. The third-order valence-corrected chi connectivity index (χ3v) is 4.78. The number of aromatic nitrogens is 1. The Balaban J connectivity index is 1.67. The summed E-state index contributed by atoms with van der Waals surface area (Å²) in [5, 5.41) is 2.99. The van der Waals surface area contributed by atoms with Crippen LogP contribution in [0.5, 0.6) is 0 Å². The molecule has 0 aliphatic carbocycles. The van der Waals surface area contributed by atoms with Crippen LogP contribution in [-0.4, -0.2) is 10.9 Å². The average molecular weight is 454 g/mol. The van der Waals surface area contributed by atoms with Crippen LogP contribution in [0.1, 0.15) is 15.9 Å². The molecule has 1 heterocycles. The molecule has 4 nitrogen and oxygen atoms in total. The molecule has 0 aliphatic heterocycles. The van der Waals surface area contributed by atoms with E-state index in [-0.39, 0.29) is 5.91 Å². The van der Waals surface area contributed by atoms with E-state index >= 15 is 0 Å². The number of halogens is 1. The van der Waals surface area contributed by atoms with Gasteiger partial charge in [-0.25, -0.2) is 4.98 Å². The molecule has 0 spiro atoms. The fourth-order valence-corrected chi connectivity index (χ4v) is 3.25. The molecule has 4 rings (SSSR count). The van der Waals surface area contributed by atoms with Crippen LogP contribution in [0.25, 0.3) is 22.6 Å². The van der Waals surface area contributed by atoms with Crippen LogP contribution >= 0.6 is 22.6 Å². The van der Waals surface area contributed by atoms with Crippen LogP contribution in [-0.2, 0) is 0 Å². The van der Waals surface area contributed by atoms with Crippen molar-refractivity contribution in [2.24, 2.45) is 0 Å². The van der Waals surface area contributed by atoms with Crippen molar-refractivity contribution < 1.29 is 9.21 Å². The maximum absolute atomic E-state index is 12.6. The van der Waals surface area contributed by atoms with Crippen molar-refractivity contribution in [1.82, 2.24) is 4.98 Å². The van der Waals surface area contributed by atoms with Crippen LogP contribution < -0.4 is 5.32 Å². The van der Waals surface area contributed by atoms with Gasteiger partial charge in [0, 0.05) is 20.4 Å². The van der Waals surface area contributed by atoms with Crippen LogP contribution in [0.4, 0.5) is 5.69 Å². The number of carbonyl (C=O) groups excluding carboxylic acids is 1. The molecule has 3 aromatic carbocycles. The number of anilines is 1. The first-order valence-corrected chi connectivity index (χ1v) is 9.21. The molecule has 0 unspecified atom stereocenters. The van der Waals surface area contributed by atoms with Crippen LogP contribution in [0.3, 0.4) is 0 Å². The van der Waals surface area contributed by atoms with Crippen LogP contribution in [0.2, 0.25) is 0 Å². The summed E-state index contributed by atoms with van der Waals surface area (Å²) in [7, 11) is 0. The van der Waals surface area contributed by atoms with Crippen molar-refractivity contribution >= 4 is 45.3 Å². The van der Waals surface area contributed by atoms with Gasteiger partial charge in [0.25, 0.3) is 5.91 Å². The Labute approximate surface area is 164 Å². The Bertz CT molecular complexity index is 1080. The Morgan fingerprint density at radius 3 is 2.69 bits per heavy atom. The largest absolute Gasteiger partial charge is 0.436 e. The fourth-order valence-electron chi connectivity index (χ4n) is 2.71. The van der Waals surface area contributed by atoms with E-state index in [0.29, 0.717) is 11.5 Å². The van der Waals surface area contributed by atoms with E-state index < -0.39 is 0 Å². The fraction of sp³-hybridized carbons (Fsp3) is 0.0476. The summed E-state index contributed by atoms with van der Waals surface area (Å²) in [6.07, 6.45) is 0. The summed E-state index contributed by atoms with van der Waals surface area (Å²) in [5.41, 5.74) is 4.73. The van der Waals surface area contributed by atoms with Gasteiger partial charge >= 0.3 is 0 Å². The zero-order chi connectivity index (χ0) is 18.1. The van der Waals surface area contributed by atoms with Gasteiger partial charge in [0.05, 0.1) is 0 Å². The molecule has 0 bridgehead atoms. The normalized spacial score (nSPS) is 10.8. The summed E-state index contributed by atoms with van der Waals surface area (Å²) in [6, 6.07) is 20.9. The minimum atomic E-state index is -0.138. The van der Waals surface area contributed by atoms with Gasteiger partial charge in [-0.15, -0.1) is 0 Å². The Kier molecular flexibility index (Phi) is 4.46. The molecule has 0 fully saturated rings. The number of benzene rings is 3.